The van der Waals surface area contributed by atoms with Crippen molar-refractivity contribution in [1.82, 2.24) is 9.62 Å². The van der Waals surface area contributed by atoms with Crippen molar-refractivity contribution < 1.29 is 13.2 Å². The first-order valence-electron chi connectivity index (χ1n) is 6.40. The number of likely N-dealkylation sites (N-methyl/N-ethyl adjacent to an activating group) is 1. The van der Waals surface area contributed by atoms with Crippen LogP contribution in [0.15, 0.2) is 46.7 Å². The molecule has 22 heavy (non-hydrogen) atoms. The van der Waals surface area contributed by atoms with E-state index in [0.717, 1.165) is 9.18 Å². The third-order valence-corrected chi connectivity index (χ3v) is 5.82. The molecule has 1 heterocycles. The van der Waals surface area contributed by atoms with Gasteiger partial charge in [0.15, 0.2) is 0 Å². The third-order valence-electron chi connectivity index (χ3n) is 2.91. The van der Waals surface area contributed by atoms with Gasteiger partial charge in [-0.2, -0.15) is 4.31 Å². The summed E-state index contributed by atoms with van der Waals surface area (Å²) in [5.74, 6) is -0.360. The highest BCUT2D eigenvalue weighted by atomic mass is 35.5. The Kier molecular flexibility index (Phi) is 5.57. The summed E-state index contributed by atoms with van der Waals surface area (Å²) in [6.45, 7) is 0.141. The largest absolute Gasteiger partial charge is 0.350 e. The highest BCUT2D eigenvalue weighted by Gasteiger charge is 2.23. The van der Waals surface area contributed by atoms with Gasteiger partial charge >= 0.3 is 0 Å². The number of halogens is 1. The zero-order valence-electron chi connectivity index (χ0n) is 11.8. The lowest BCUT2D eigenvalue weighted by atomic mass is 10.4. The van der Waals surface area contributed by atoms with Crippen LogP contribution < -0.4 is 5.32 Å². The van der Waals surface area contributed by atoms with Gasteiger partial charge in [-0.25, -0.2) is 8.42 Å². The van der Waals surface area contributed by atoms with E-state index in [1.807, 2.05) is 17.5 Å². The Bertz CT molecular complexity index is 745. The molecule has 0 aliphatic carbocycles. The van der Waals surface area contributed by atoms with Gasteiger partial charge in [0.1, 0.15) is 0 Å². The molecular formula is C14H15ClN2O3S2. The van der Waals surface area contributed by atoms with Gasteiger partial charge in [-0.3, -0.25) is 4.79 Å². The Balaban J connectivity index is 1.98. The lowest BCUT2D eigenvalue weighted by Gasteiger charge is -2.17. The second-order valence-corrected chi connectivity index (χ2v) is 8.09. The summed E-state index contributed by atoms with van der Waals surface area (Å²) in [4.78, 5) is 12.9. The van der Waals surface area contributed by atoms with Gasteiger partial charge in [0, 0.05) is 16.9 Å². The number of benzene rings is 1. The van der Waals surface area contributed by atoms with Crippen LogP contribution in [0, 0.1) is 0 Å². The first-order chi connectivity index (χ1) is 10.4. The van der Waals surface area contributed by atoms with Crippen molar-refractivity contribution in [3.05, 3.63) is 51.7 Å². The maximum Gasteiger partial charge on any atom is 0.243 e. The summed E-state index contributed by atoms with van der Waals surface area (Å²) in [7, 11) is -2.38. The van der Waals surface area contributed by atoms with E-state index in [9.17, 15) is 13.2 Å². The molecule has 1 aromatic carbocycles. The maximum absolute atomic E-state index is 12.3. The molecular weight excluding hydrogens is 344 g/mol. The Labute approximate surface area is 138 Å². The van der Waals surface area contributed by atoms with Crippen LogP contribution in [0.25, 0.3) is 0 Å². The van der Waals surface area contributed by atoms with Gasteiger partial charge in [0.05, 0.1) is 18.0 Å². The van der Waals surface area contributed by atoms with Crippen molar-refractivity contribution >= 4 is 38.9 Å². The number of carbonyl (C=O) groups is 1. The molecule has 8 heteroatoms. The molecule has 2 rings (SSSR count). The van der Waals surface area contributed by atoms with Crippen molar-refractivity contribution in [2.45, 2.75) is 11.4 Å². The van der Waals surface area contributed by atoms with Gasteiger partial charge in [0.25, 0.3) is 0 Å². The van der Waals surface area contributed by atoms with Gasteiger partial charge in [0.2, 0.25) is 15.9 Å². The summed E-state index contributed by atoms with van der Waals surface area (Å²) in [5.41, 5.74) is 0. The first-order valence-corrected chi connectivity index (χ1v) is 9.10. The fraction of sp³-hybridized carbons (Fsp3) is 0.214. The van der Waals surface area contributed by atoms with Gasteiger partial charge < -0.3 is 5.32 Å². The lowest BCUT2D eigenvalue weighted by Crippen LogP contribution is -2.38. The topological polar surface area (TPSA) is 66.5 Å². The Hall–Kier alpha value is -1.41. The standard InChI is InChI=1S/C14H15ClN2O3S2/c1-17(10-14(18)16-9-12-5-3-7-21-12)22(19,20)13-6-2-4-11(15)8-13/h2-8H,9-10H2,1H3,(H,16,18). The number of thiophene rings is 1. The molecule has 1 aromatic heterocycles. The molecule has 5 nitrogen and oxygen atoms in total. The number of nitrogens with one attached hydrogen (secondary N) is 1. The minimum absolute atomic E-state index is 0.0635. The number of hydrogen-bond acceptors (Lipinski definition) is 4. The van der Waals surface area contributed by atoms with Crippen LogP contribution in [0.4, 0.5) is 0 Å². The van der Waals surface area contributed by atoms with Crippen LogP contribution in [0.2, 0.25) is 5.02 Å². The average molecular weight is 359 g/mol. The fourth-order valence-electron chi connectivity index (χ4n) is 1.75. The van der Waals surface area contributed by atoms with Gasteiger partial charge in [-0.15, -0.1) is 11.3 Å². The average Bonchev–Trinajstić information content (AvgIpc) is 2.98. The minimum Gasteiger partial charge on any atom is -0.350 e. The monoisotopic (exact) mass is 358 g/mol. The van der Waals surface area contributed by atoms with Crippen molar-refractivity contribution in [1.29, 1.82) is 0 Å². The summed E-state index contributed by atoms with van der Waals surface area (Å²) >= 11 is 7.33. The molecule has 0 saturated heterocycles. The van der Waals surface area contributed by atoms with Crippen LogP contribution in [0.5, 0.6) is 0 Å². The first kappa shape index (κ1) is 17.0. The highest BCUT2D eigenvalue weighted by Crippen LogP contribution is 2.18. The van der Waals surface area contributed by atoms with Crippen LogP contribution in [0.1, 0.15) is 4.88 Å². The van der Waals surface area contributed by atoms with Crippen LogP contribution in [-0.2, 0) is 21.4 Å². The summed E-state index contributed by atoms with van der Waals surface area (Å²) in [6.07, 6.45) is 0. The van der Waals surface area contributed by atoms with E-state index in [-0.39, 0.29) is 17.3 Å². The van der Waals surface area contributed by atoms with Crippen molar-refractivity contribution in [3.8, 4) is 0 Å². The van der Waals surface area contributed by atoms with E-state index in [1.165, 1.54) is 30.5 Å². The summed E-state index contributed by atoms with van der Waals surface area (Å²) in [5, 5.41) is 4.93. The van der Waals surface area contributed by atoms with Crippen molar-refractivity contribution in [2.24, 2.45) is 0 Å². The molecule has 0 aliphatic heterocycles. The lowest BCUT2D eigenvalue weighted by molar-refractivity contribution is -0.121. The number of amides is 1. The highest BCUT2D eigenvalue weighted by molar-refractivity contribution is 7.89. The third kappa shape index (κ3) is 4.30. The Morgan fingerprint density at radius 2 is 2.09 bits per heavy atom. The fourth-order valence-corrected chi connectivity index (χ4v) is 3.82. The van der Waals surface area contributed by atoms with Gasteiger partial charge in [-0.05, 0) is 29.6 Å². The molecule has 0 radical (unpaired) electrons. The Morgan fingerprint density at radius 1 is 1.32 bits per heavy atom. The summed E-state index contributed by atoms with van der Waals surface area (Å²) in [6, 6.07) is 9.74. The molecule has 118 valence electrons. The SMILES string of the molecule is CN(CC(=O)NCc1cccs1)S(=O)(=O)c1cccc(Cl)c1. The van der Waals surface area contributed by atoms with E-state index in [4.69, 9.17) is 11.6 Å². The molecule has 0 saturated carbocycles. The van der Waals surface area contributed by atoms with E-state index in [1.54, 1.807) is 12.1 Å². The quantitative estimate of drug-likeness (QED) is 0.861. The number of carbonyl (C=O) groups excluding carboxylic acids is 1. The van der Waals surface area contributed by atoms with Crippen LogP contribution in [-0.4, -0.2) is 32.2 Å². The second-order valence-electron chi connectivity index (χ2n) is 4.57. The van der Waals surface area contributed by atoms with Crippen molar-refractivity contribution in [3.63, 3.8) is 0 Å². The van der Waals surface area contributed by atoms with Gasteiger partial charge in [-0.1, -0.05) is 23.7 Å². The predicted molar refractivity (Wildman–Crippen MR) is 87.4 cm³/mol. The Morgan fingerprint density at radius 3 is 2.73 bits per heavy atom. The number of nitrogens with zero attached hydrogens (tertiary/aromatic N) is 1. The minimum atomic E-state index is -3.74. The molecule has 0 fully saturated rings. The van der Waals surface area contributed by atoms with E-state index >= 15 is 0 Å². The molecule has 0 unspecified atom stereocenters. The second kappa shape index (κ2) is 7.23. The molecule has 1 N–H and O–H groups in total. The van der Waals surface area contributed by atoms with Crippen LogP contribution >= 0.6 is 22.9 Å². The van der Waals surface area contributed by atoms with E-state index in [2.05, 4.69) is 5.32 Å². The number of hydrogen-bond donors (Lipinski definition) is 1. The predicted octanol–water partition coefficient (Wildman–Crippen LogP) is 2.34. The smallest absolute Gasteiger partial charge is 0.243 e. The molecule has 2 aromatic rings. The molecule has 0 spiro atoms. The normalized spacial score (nSPS) is 11.6. The summed E-state index contributed by atoms with van der Waals surface area (Å²) < 4.78 is 25.7. The van der Waals surface area contributed by atoms with E-state index in [0.29, 0.717) is 11.6 Å². The molecule has 0 bridgehead atoms. The zero-order chi connectivity index (χ0) is 16.2. The number of sulfonamides is 1. The molecule has 0 aliphatic rings. The molecule has 0 atom stereocenters. The van der Waals surface area contributed by atoms with Crippen molar-refractivity contribution in [2.75, 3.05) is 13.6 Å². The van der Waals surface area contributed by atoms with Crippen LogP contribution in [0.3, 0.4) is 0 Å². The van der Waals surface area contributed by atoms with E-state index < -0.39 is 10.0 Å². The number of rotatable bonds is 6. The maximum atomic E-state index is 12.3. The molecule has 1 amide bonds. The zero-order valence-corrected chi connectivity index (χ0v) is 14.2.